The van der Waals surface area contributed by atoms with Gasteiger partial charge in [-0.1, -0.05) is 56.8 Å². The molecule has 118 valence electrons. The van der Waals surface area contributed by atoms with Crippen molar-refractivity contribution in [1.29, 1.82) is 0 Å². The fourth-order valence-electron chi connectivity index (χ4n) is 3.72. The summed E-state index contributed by atoms with van der Waals surface area (Å²) in [4.78, 5) is 0. The minimum Gasteiger partial charge on any atom is -0.310 e. The predicted molar refractivity (Wildman–Crippen MR) is 93.0 cm³/mol. The summed E-state index contributed by atoms with van der Waals surface area (Å²) in [6.45, 7) is 7.75. The molecule has 1 aromatic carbocycles. The monoisotopic (exact) mass is 307 g/mol. The van der Waals surface area contributed by atoms with Gasteiger partial charge in [0.25, 0.3) is 0 Å². The molecule has 0 aliphatic heterocycles. The van der Waals surface area contributed by atoms with E-state index in [1.54, 1.807) is 0 Å². The lowest BCUT2D eigenvalue weighted by molar-refractivity contribution is 0.209. The molecule has 1 nitrogen and oxygen atoms in total. The van der Waals surface area contributed by atoms with Crippen LogP contribution in [0.2, 0.25) is 5.02 Å². The van der Waals surface area contributed by atoms with Crippen LogP contribution in [0.15, 0.2) is 18.2 Å². The van der Waals surface area contributed by atoms with Crippen molar-refractivity contribution in [2.24, 2.45) is 11.8 Å². The Bertz CT molecular complexity index is 443. The molecule has 1 N–H and O–H groups in total. The second kappa shape index (κ2) is 8.19. The van der Waals surface area contributed by atoms with Crippen LogP contribution in [-0.2, 0) is 0 Å². The summed E-state index contributed by atoms with van der Waals surface area (Å²) >= 11 is 6.55. The topological polar surface area (TPSA) is 12.0 Å². The summed E-state index contributed by atoms with van der Waals surface area (Å²) in [6, 6.07) is 6.97. The van der Waals surface area contributed by atoms with E-state index in [1.165, 1.54) is 49.7 Å². The van der Waals surface area contributed by atoms with Crippen LogP contribution in [0.1, 0.15) is 69.5 Å². The zero-order valence-corrected chi connectivity index (χ0v) is 14.5. The molecule has 21 heavy (non-hydrogen) atoms. The molecule has 3 unspecified atom stereocenters. The van der Waals surface area contributed by atoms with Gasteiger partial charge in [0, 0.05) is 11.1 Å². The molecule has 1 fully saturated rings. The van der Waals surface area contributed by atoms with Gasteiger partial charge in [0.2, 0.25) is 0 Å². The van der Waals surface area contributed by atoms with E-state index in [1.807, 2.05) is 0 Å². The van der Waals surface area contributed by atoms with Crippen LogP contribution in [0.25, 0.3) is 0 Å². The molecule has 0 heterocycles. The molecule has 3 atom stereocenters. The first kappa shape index (κ1) is 16.8. The molecular weight excluding hydrogens is 278 g/mol. The van der Waals surface area contributed by atoms with Crippen molar-refractivity contribution in [1.82, 2.24) is 5.32 Å². The summed E-state index contributed by atoms with van der Waals surface area (Å²) < 4.78 is 0. The Kier molecular flexibility index (Phi) is 6.57. The average Bonchev–Trinajstić information content (AvgIpc) is 2.49. The van der Waals surface area contributed by atoms with Crippen LogP contribution in [0.4, 0.5) is 0 Å². The third-order valence-corrected chi connectivity index (χ3v) is 5.30. The first-order chi connectivity index (χ1) is 10.2. The average molecular weight is 308 g/mol. The molecule has 0 aromatic heterocycles. The van der Waals surface area contributed by atoms with Gasteiger partial charge in [0.05, 0.1) is 0 Å². The highest BCUT2D eigenvalue weighted by Crippen LogP contribution is 2.40. The molecule has 1 aliphatic rings. The van der Waals surface area contributed by atoms with E-state index in [-0.39, 0.29) is 0 Å². The fraction of sp³-hybridized carbons (Fsp3) is 0.684. The predicted octanol–water partition coefficient (Wildman–Crippen LogP) is 5.91. The second-order valence-corrected chi connectivity index (χ2v) is 7.06. The highest BCUT2D eigenvalue weighted by Gasteiger charge is 2.29. The van der Waals surface area contributed by atoms with Gasteiger partial charge in [-0.2, -0.15) is 0 Å². The summed E-state index contributed by atoms with van der Waals surface area (Å²) in [5.74, 6) is 1.63. The van der Waals surface area contributed by atoms with Gasteiger partial charge in [-0.15, -0.1) is 0 Å². The van der Waals surface area contributed by atoms with Gasteiger partial charge in [0.1, 0.15) is 0 Å². The highest BCUT2D eigenvalue weighted by atomic mass is 35.5. The molecule has 0 spiro atoms. The maximum atomic E-state index is 6.55. The molecule has 2 rings (SSSR count). The normalized spacial score (nSPS) is 24.0. The zero-order chi connectivity index (χ0) is 15.2. The van der Waals surface area contributed by atoms with Crippen molar-refractivity contribution < 1.29 is 0 Å². The van der Waals surface area contributed by atoms with Crippen molar-refractivity contribution in [3.05, 3.63) is 34.3 Å². The molecular formula is C19H30ClN. The van der Waals surface area contributed by atoms with E-state index in [0.29, 0.717) is 6.04 Å². The van der Waals surface area contributed by atoms with E-state index < -0.39 is 0 Å². The maximum Gasteiger partial charge on any atom is 0.0456 e. The van der Waals surface area contributed by atoms with Gasteiger partial charge in [-0.25, -0.2) is 0 Å². The Balaban J connectivity index is 2.20. The van der Waals surface area contributed by atoms with Crippen molar-refractivity contribution in [2.45, 2.75) is 65.3 Å². The van der Waals surface area contributed by atoms with Gasteiger partial charge >= 0.3 is 0 Å². The number of hydrogen-bond acceptors (Lipinski definition) is 1. The molecule has 0 bridgehead atoms. The van der Waals surface area contributed by atoms with Crippen molar-refractivity contribution in [2.75, 3.05) is 6.54 Å². The Morgan fingerprint density at radius 2 is 2.10 bits per heavy atom. The van der Waals surface area contributed by atoms with Crippen LogP contribution in [-0.4, -0.2) is 6.54 Å². The summed E-state index contributed by atoms with van der Waals surface area (Å²) in [5, 5.41) is 4.71. The molecule has 0 radical (unpaired) electrons. The van der Waals surface area contributed by atoms with Crippen LogP contribution in [0, 0.1) is 18.8 Å². The number of halogens is 1. The van der Waals surface area contributed by atoms with Gasteiger partial charge in [-0.3, -0.25) is 0 Å². The summed E-state index contributed by atoms with van der Waals surface area (Å²) in [6.07, 6.45) is 7.96. The number of nitrogens with one attached hydrogen (secondary N) is 1. The minimum atomic E-state index is 0.424. The summed E-state index contributed by atoms with van der Waals surface area (Å²) in [5.41, 5.74) is 2.55. The SMILES string of the molecule is CCCNC(c1ccc(C)cc1Cl)C1CCCC(CC)C1. The van der Waals surface area contributed by atoms with Crippen molar-refractivity contribution in [3.63, 3.8) is 0 Å². The maximum absolute atomic E-state index is 6.55. The second-order valence-electron chi connectivity index (χ2n) is 6.66. The van der Waals surface area contributed by atoms with E-state index in [2.05, 4.69) is 44.3 Å². The molecule has 2 heteroatoms. The van der Waals surface area contributed by atoms with E-state index in [9.17, 15) is 0 Å². The van der Waals surface area contributed by atoms with E-state index >= 15 is 0 Å². The lowest BCUT2D eigenvalue weighted by Crippen LogP contribution is -2.32. The van der Waals surface area contributed by atoms with Crippen LogP contribution < -0.4 is 5.32 Å². The van der Waals surface area contributed by atoms with Crippen molar-refractivity contribution >= 4 is 11.6 Å². The molecule has 0 amide bonds. The number of hydrogen-bond donors (Lipinski definition) is 1. The Labute approximate surface area is 135 Å². The lowest BCUT2D eigenvalue weighted by Gasteiger charge is -2.35. The standard InChI is InChI=1S/C19H30ClN/c1-4-11-21-19(16-8-6-7-15(5-2)13-16)17-10-9-14(3)12-18(17)20/h9-10,12,15-16,19,21H,4-8,11,13H2,1-3H3. The van der Waals surface area contributed by atoms with Crippen molar-refractivity contribution in [3.8, 4) is 0 Å². The Morgan fingerprint density at radius 3 is 2.76 bits per heavy atom. The number of rotatable bonds is 6. The fourth-order valence-corrected chi connectivity index (χ4v) is 4.07. The van der Waals surface area contributed by atoms with E-state index in [4.69, 9.17) is 11.6 Å². The van der Waals surface area contributed by atoms with Gasteiger partial charge in [0.15, 0.2) is 0 Å². The Hall–Kier alpha value is -0.530. The minimum absolute atomic E-state index is 0.424. The summed E-state index contributed by atoms with van der Waals surface area (Å²) in [7, 11) is 0. The Morgan fingerprint density at radius 1 is 1.29 bits per heavy atom. The third-order valence-electron chi connectivity index (χ3n) is 4.98. The van der Waals surface area contributed by atoms with Crippen LogP contribution in [0.3, 0.4) is 0 Å². The van der Waals surface area contributed by atoms with E-state index in [0.717, 1.165) is 23.4 Å². The zero-order valence-electron chi connectivity index (χ0n) is 13.8. The van der Waals surface area contributed by atoms with Crippen LogP contribution >= 0.6 is 11.6 Å². The van der Waals surface area contributed by atoms with Gasteiger partial charge in [-0.05, 0) is 61.8 Å². The highest BCUT2D eigenvalue weighted by molar-refractivity contribution is 6.31. The quantitative estimate of drug-likeness (QED) is 0.689. The number of benzene rings is 1. The molecule has 1 aliphatic carbocycles. The first-order valence-corrected chi connectivity index (χ1v) is 9.02. The number of aryl methyl sites for hydroxylation is 1. The smallest absolute Gasteiger partial charge is 0.0456 e. The molecule has 1 saturated carbocycles. The molecule has 0 saturated heterocycles. The molecule has 1 aromatic rings. The van der Waals surface area contributed by atoms with Crippen LogP contribution in [0.5, 0.6) is 0 Å². The lowest BCUT2D eigenvalue weighted by atomic mass is 9.75. The first-order valence-electron chi connectivity index (χ1n) is 8.65. The largest absolute Gasteiger partial charge is 0.310 e. The third kappa shape index (κ3) is 4.47. The van der Waals surface area contributed by atoms with Gasteiger partial charge < -0.3 is 5.32 Å².